The number of hydrogen-bond acceptors (Lipinski definition) is 6. The van der Waals surface area contributed by atoms with Crippen molar-refractivity contribution >= 4 is 17.2 Å². The quantitative estimate of drug-likeness (QED) is 0.766. The van der Waals surface area contributed by atoms with Gasteiger partial charge < -0.3 is 14.3 Å². The van der Waals surface area contributed by atoms with Crippen LogP contribution in [0.5, 0.6) is 0 Å². The maximum Gasteiger partial charge on any atom is 0.248 e. The Hall–Kier alpha value is -2.48. The first-order valence-electron chi connectivity index (χ1n) is 7.92. The maximum atomic E-state index is 12.1. The van der Waals surface area contributed by atoms with Gasteiger partial charge in [0.1, 0.15) is 5.82 Å². The predicted octanol–water partition coefficient (Wildman–Crippen LogP) is 2.06. The molecule has 0 aromatic carbocycles. The molecule has 0 unspecified atom stereocenters. The SMILES string of the molecule is O=C(CCc1nnc(-c2ccsc2)o1)N[C@H]1CCc2nccn2C1. The molecule has 1 atom stereocenters. The Balaban J connectivity index is 1.28. The Bertz CT molecular complexity index is 823. The molecule has 4 heterocycles. The summed E-state index contributed by atoms with van der Waals surface area (Å²) in [5, 5.41) is 15.0. The van der Waals surface area contributed by atoms with Gasteiger partial charge in [-0.2, -0.15) is 11.3 Å². The highest BCUT2D eigenvalue weighted by Crippen LogP contribution is 2.20. The van der Waals surface area contributed by atoms with E-state index in [0.29, 0.717) is 24.6 Å². The lowest BCUT2D eigenvalue weighted by Crippen LogP contribution is -2.41. The van der Waals surface area contributed by atoms with Gasteiger partial charge in [0.05, 0.1) is 0 Å². The van der Waals surface area contributed by atoms with E-state index in [1.165, 1.54) is 0 Å². The summed E-state index contributed by atoms with van der Waals surface area (Å²) >= 11 is 1.58. The molecule has 7 nitrogen and oxygen atoms in total. The first kappa shape index (κ1) is 15.1. The minimum Gasteiger partial charge on any atom is -0.421 e. The van der Waals surface area contributed by atoms with Gasteiger partial charge in [0.25, 0.3) is 0 Å². The third kappa shape index (κ3) is 3.23. The van der Waals surface area contributed by atoms with Crippen LogP contribution in [0.4, 0.5) is 0 Å². The summed E-state index contributed by atoms with van der Waals surface area (Å²) in [5.74, 6) is 2.10. The van der Waals surface area contributed by atoms with Crippen LogP contribution in [0.1, 0.15) is 24.6 Å². The van der Waals surface area contributed by atoms with Crippen molar-refractivity contribution in [2.75, 3.05) is 0 Å². The van der Waals surface area contributed by atoms with Crippen molar-refractivity contribution in [2.24, 2.45) is 0 Å². The van der Waals surface area contributed by atoms with Crippen LogP contribution >= 0.6 is 11.3 Å². The van der Waals surface area contributed by atoms with Crippen molar-refractivity contribution in [1.29, 1.82) is 0 Å². The van der Waals surface area contributed by atoms with E-state index in [1.54, 1.807) is 17.5 Å². The largest absolute Gasteiger partial charge is 0.421 e. The fraction of sp³-hybridized carbons (Fsp3) is 0.375. The highest BCUT2D eigenvalue weighted by Gasteiger charge is 2.20. The monoisotopic (exact) mass is 343 g/mol. The van der Waals surface area contributed by atoms with Gasteiger partial charge in [-0.3, -0.25) is 4.79 Å². The summed E-state index contributed by atoms with van der Waals surface area (Å²) in [4.78, 5) is 16.4. The average Bonchev–Trinajstić information content (AvgIpc) is 3.32. The maximum absolute atomic E-state index is 12.1. The lowest BCUT2D eigenvalue weighted by molar-refractivity contribution is -0.122. The average molecular weight is 343 g/mol. The van der Waals surface area contributed by atoms with Crippen LogP contribution in [-0.4, -0.2) is 31.7 Å². The van der Waals surface area contributed by atoms with Crippen molar-refractivity contribution in [3.05, 3.63) is 40.9 Å². The van der Waals surface area contributed by atoms with Gasteiger partial charge in [0, 0.05) is 55.2 Å². The number of nitrogens with zero attached hydrogens (tertiary/aromatic N) is 4. The summed E-state index contributed by atoms with van der Waals surface area (Å²) in [6.07, 6.45) is 6.38. The third-order valence-electron chi connectivity index (χ3n) is 4.10. The molecule has 124 valence electrons. The number of rotatable bonds is 5. The fourth-order valence-electron chi connectivity index (χ4n) is 2.86. The molecule has 3 aromatic rings. The van der Waals surface area contributed by atoms with Crippen molar-refractivity contribution in [1.82, 2.24) is 25.1 Å². The molecule has 0 aliphatic carbocycles. The van der Waals surface area contributed by atoms with Gasteiger partial charge in [-0.25, -0.2) is 4.98 Å². The molecule has 1 N–H and O–H groups in total. The fourth-order valence-corrected chi connectivity index (χ4v) is 3.49. The van der Waals surface area contributed by atoms with Crippen LogP contribution < -0.4 is 5.32 Å². The topological polar surface area (TPSA) is 85.8 Å². The minimum atomic E-state index is 0.0128. The molecule has 1 amide bonds. The van der Waals surface area contributed by atoms with E-state index in [1.807, 2.05) is 23.0 Å². The van der Waals surface area contributed by atoms with E-state index in [0.717, 1.165) is 30.8 Å². The molecule has 0 bridgehead atoms. The van der Waals surface area contributed by atoms with Crippen LogP contribution in [0, 0.1) is 0 Å². The lowest BCUT2D eigenvalue weighted by atomic mass is 10.1. The van der Waals surface area contributed by atoms with Crippen molar-refractivity contribution in [3.8, 4) is 11.5 Å². The standard InChI is InChI=1S/C16H17N5O2S/c22-14(18-12-1-2-13-17-6-7-21(13)9-12)3-4-15-19-20-16(23-15)11-5-8-24-10-11/h5-8,10,12H,1-4,9H2,(H,18,22)/t12-/m0/s1. The zero-order valence-electron chi connectivity index (χ0n) is 13.0. The van der Waals surface area contributed by atoms with Crippen LogP contribution in [0.15, 0.2) is 33.6 Å². The number of aromatic nitrogens is 4. The second kappa shape index (κ2) is 6.56. The summed E-state index contributed by atoms with van der Waals surface area (Å²) in [5.41, 5.74) is 0.918. The van der Waals surface area contributed by atoms with E-state index < -0.39 is 0 Å². The van der Waals surface area contributed by atoms with Crippen molar-refractivity contribution in [2.45, 2.75) is 38.3 Å². The van der Waals surface area contributed by atoms with Gasteiger partial charge in [-0.1, -0.05) is 0 Å². The summed E-state index contributed by atoms with van der Waals surface area (Å²) in [7, 11) is 0. The van der Waals surface area contributed by atoms with E-state index >= 15 is 0 Å². The van der Waals surface area contributed by atoms with Gasteiger partial charge in [0.2, 0.25) is 17.7 Å². The van der Waals surface area contributed by atoms with Crippen LogP contribution in [-0.2, 0) is 24.2 Å². The Morgan fingerprint density at radius 3 is 3.29 bits per heavy atom. The van der Waals surface area contributed by atoms with Crippen LogP contribution in [0.2, 0.25) is 0 Å². The number of fused-ring (bicyclic) bond motifs is 1. The first-order valence-corrected chi connectivity index (χ1v) is 8.86. The van der Waals surface area contributed by atoms with Crippen molar-refractivity contribution < 1.29 is 9.21 Å². The zero-order chi connectivity index (χ0) is 16.4. The molecule has 0 saturated carbocycles. The highest BCUT2D eigenvalue weighted by atomic mass is 32.1. The van der Waals surface area contributed by atoms with Crippen LogP contribution in [0.3, 0.4) is 0 Å². The molecule has 0 spiro atoms. The zero-order valence-corrected chi connectivity index (χ0v) is 13.8. The third-order valence-corrected chi connectivity index (χ3v) is 4.78. The molecular formula is C16H17N5O2S. The Labute approximate surface area is 142 Å². The van der Waals surface area contributed by atoms with Gasteiger partial charge in [-0.05, 0) is 17.9 Å². The molecule has 24 heavy (non-hydrogen) atoms. The molecule has 4 rings (SSSR count). The lowest BCUT2D eigenvalue weighted by Gasteiger charge is -2.24. The van der Waals surface area contributed by atoms with Gasteiger partial charge in [0.15, 0.2) is 0 Å². The molecular weight excluding hydrogens is 326 g/mol. The second-order valence-electron chi connectivity index (χ2n) is 5.81. The van der Waals surface area contributed by atoms with E-state index in [-0.39, 0.29) is 11.9 Å². The van der Waals surface area contributed by atoms with Gasteiger partial charge in [-0.15, -0.1) is 10.2 Å². The molecule has 1 aliphatic rings. The summed E-state index contributed by atoms with van der Waals surface area (Å²) in [6.45, 7) is 0.782. The smallest absolute Gasteiger partial charge is 0.248 e. The number of aryl methyl sites for hydroxylation is 2. The normalized spacial score (nSPS) is 16.8. The number of amides is 1. The van der Waals surface area contributed by atoms with E-state index in [4.69, 9.17) is 4.42 Å². The number of nitrogens with one attached hydrogen (secondary N) is 1. The molecule has 0 radical (unpaired) electrons. The van der Waals surface area contributed by atoms with Crippen molar-refractivity contribution in [3.63, 3.8) is 0 Å². The molecule has 1 aliphatic heterocycles. The molecule has 0 fully saturated rings. The van der Waals surface area contributed by atoms with E-state index in [2.05, 4.69) is 25.1 Å². The molecule has 8 heteroatoms. The Kier molecular flexibility index (Phi) is 4.12. The van der Waals surface area contributed by atoms with Gasteiger partial charge >= 0.3 is 0 Å². The number of thiophene rings is 1. The van der Waals surface area contributed by atoms with Crippen LogP contribution in [0.25, 0.3) is 11.5 Å². The number of carbonyl (C=O) groups excluding carboxylic acids is 1. The minimum absolute atomic E-state index is 0.0128. The second-order valence-corrected chi connectivity index (χ2v) is 6.59. The summed E-state index contributed by atoms with van der Waals surface area (Å²) in [6, 6.07) is 2.09. The molecule has 0 saturated heterocycles. The number of carbonyl (C=O) groups is 1. The van der Waals surface area contributed by atoms with E-state index in [9.17, 15) is 4.79 Å². The molecule has 3 aromatic heterocycles. The number of imidazole rings is 1. The Morgan fingerprint density at radius 1 is 1.46 bits per heavy atom. The first-order chi connectivity index (χ1) is 11.8. The number of hydrogen-bond donors (Lipinski definition) is 1. The summed E-state index contributed by atoms with van der Waals surface area (Å²) < 4.78 is 7.69. The Morgan fingerprint density at radius 2 is 2.42 bits per heavy atom. The predicted molar refractivity (Wildman–Crippen MR) is 88.4 cm³/mol. The highest BCUT2D eigenvalue weighted by molar-refractivity contribution is 7.08.